The lowest BCUT2D eigenvalue weighted by molar-refractivity contribution is 0.0532. The molecule has 0 radical (unpaired) electrons. The Morgan fingerprint density at radius 1 is 1.40 bits per heavy atom. The number of hydrogen-bond acceptors (Lipinski definition) is 3. The minimum absolute atomic E-state index is 0.329. The molecular formula is C17H28N2O. The number of hydrogen-bond donors (Lipinski definition) is 1. The largest absolute Gasteiger partial charge is 0.375 e. The molecule has 112 valence electrons. The van der Waals surface area contributed by atoms with Crippen LogP contribution in [0.15, 0.2) is 18.2 Å². The number of aryl methyl sites for hydroxylation is 1. The van der Waals surface area contributed by atoms with Gasteiger partial charge in [-0.15, -0.1) is 0 Å². The molecule has 0 aromatic heterocycles. The van der Waals surface area contributed by atoms with Gasteiger partial charge in [0.1, 0.15) is 0 Å². The van der Waals surface area contributed by atoms with Gasteiger partial charge in [-0.3, -0.25) is 0 Å². The Bertz CT molecular complexity index is 431. The summed E-state index contributed by atoms with van der Waals surface area (Å²) in [7, 11) is 0. The standard InChI is InChI=1S/C17H28N2O/c1-13(2)10-18-11-16-5-6-17(14(3)9-16)19-7-8-20-15(4)12-19/h5-6,9,13,15,18H,7-8,10-12H2,1-4H3. The minimum atomic E-state index is 0.329. The molecule has 3 nitrogen and oxygen atoms in total. The molecule has 1 unspecified atom stereocenters. The van der Waals surface area contributed by atoms with Gasteiger partial charge in [-0.1, -0.05) is 26.0 Å². The van der Waals surface area contributed by atoms with E-state index in [1.807, 2.05) is 0 Å². The highest BCUT2D eigenvalue weighted by Crippen LogP contribution is 2.23. The predicted molar refractivity (Wildman–Crippen MR) is 85.4 cm³/mol. The van der Waals surface area contributed by atoms with E-state index in [9.17, 15) is 0 Å². The van der Waals surface area contributed by atoms with Crippen molar-refractivity contribution in [1.29, 1.82) is 0 Å². The van der Waals surface area contributed by atoms with Gasteiger partial charge in [0.2, 0.25) is 0 Å². The fourth-order valence-electron chi connectivity index (χ4n) is 2.72. The topological polar surface area (TPSA) is 24.5 Å². The molecule has 0 spiro atoms. The van der Waals surface area contributed by atoms with Crippen LogP contribution in [-0.4, -0.2) is 32.3 Å². The van der Waals surface area contributed by atoms with E-state index < -0.39 is 0 Å². The maximum Gasteiger partial charge on any atom is 0.0722 e. The second kappa shape index (κ2) is 7.09. The number of nitrogens with zero attached hydrogens (tertiary/aromatic N) is 1. The Balaban J connectivity index is 1.98. The summed E-state index contributed by atoms with van der Waals surface area (Å²) in [6.45, 7) is 13.7. The van der Waals surface area contributed by atoms with E-state index >= 15 is 0 Å². The van der Waals surface area contributed by atoms with Crippen molar-refractivity contribution in [2.75, 3.05) is 31.1 Å². The summed E-state index contributed by atoms with van der Waals surface area (Å²) in [4.78, 5) is 2.44. The maximum atomic E-state index is 5.62. The highest BCUT2D eigenvalue weighted by molar-refractivity contribution is 5.54. The summed E-state index contributed by atoms with van der Waals surface area (Å²) in [6.07, 6.45) is 0.329. The second-order valence-corrected chi connectivity index (χ2v) is 6.27. The molecule has 0 aliphatic carbocycles. The van der Waals surface area contributed by atoms with Crippen LogP contribution in [0.1, 0.15) is 31.9 Å². The lowest BCUT2D eigenvalue weighted by Crippen LogP contribution is -2.41. The molecular weight excluding hydrogens is 248 g/mol. The monoisotopic (exact) mass is 276 g/mol. The van der Waals surface area contributed by atoms with Crippen molar-refractivity contribution in [3.63, 3.8) is 0 Å². The van der Waals surface area contributed by atoms with E-state index in [0.717, 1.165) is 32.8 Å². The van der Waals surface area contributed by atoms with Gasteiger partial charge in [0.05, 0.1) is 12.7 Å². The van der Waals surface area contributed by atoms with Crippen LogP contribution in [0.25, 0.3) is 0 Å². The molecule has 2 rings (SSSR count). The fourth-order valence-corrected chi connectivity index (χ4v) is 2.72. The van der Waals surface area contributed by atoms with Crippen LogP contribution in [0.3, 0.4) is 0 Å². The molecule has 1 aromatic carbocycles. The van der Waals surface area contributed by atoms with E-state index in [1.165, 1.54) is 16.8 Å². The summed E-state index contributed by atoms with van der Waals surface area (Å²) < 4.78 is 5.62. The second-order valence-electron chi connectivity index (χ2n) is 6.27. The number of ether oxygens (including phenoxy) is 1. The third kappa shape index (κ3) is 4.22. The molecule has 1 fully saturated rings. The van der Waals surface area contributed by atoms with Crippen LogP contribution in [0.5, 0.6) is 0 Å². The minimum Gasteiger partial charge on any atom is -0.375 e. The van der Waals surface area contributed by atoms with Gasteiger partial charge in [0.15, 0.2) is 0 Å². The number of benzene rings is 1. The van der Waals surface area contributed by atoms with Gasteiger partial charge in [0, 0.05) is 25.3 Å². The van der Waals surface area contributed by atoms with Crippen molar-refractivity contribution in [3.8, 4) is 0 Å². The first-order valence-electron chi connectivity index (χ1n) is 7.73. The SMILES string of the molecule is Cc1cc(CNCC(C)C)ccc1N1CCOC(C)C1. The smallest absolute Gasteiger partial charge is 0.0722 e. The molecule has 0 bridgehead atoms. The van der Waals surface area contributed by atoms with E-state index in [4.69, 9.17) is 4.74 Å². The Hall–Kier alpha value is -1.06. The third-order valence-corrected chi connectivity index (χ3v) is 3.72. The Kier molecular flexibility index (Phi) is 5.44. The van der Waals surface area contributed by atoms with Gasteiger partial charge in [-0.2, -0.15) is 0 Å². The van der Waals surface area contributed by atoms with Crippen molar-refractivity contribution < 1.29 is 4.74 Å². The van der Waals surface area contributed by atoms with E-state index in [1.54, 1.807) is 0 Å². The van der Waals surface area contributed by atoms with Crippen molar-refractivity contribution in [1.82, 2.24) is 5.32 Å². The van der Waals surface area contributed by atoms with Crippen LogP contribution < -0.4 is 10.2 Å². The normalized spacial score (nSPS) is 19.6. The zero-order chi connectivity index (χ0) is 14.5. The third-order valence-electron chi connectivity index (χ3n) is 3.72. The molecule has 1 saturated heterocycles. The van der Waals surface area contributed by atoms with Gasteiger partial charge in [-0.25, -0.2) is 0 Å². The first-order chi connectivity index (χ1) is 9.56. The van der Waals surface area contributed by atoms with Crippen LogP contribution in [0, 0.1) is 12.8 Å². The molecule has 1 N–H and O–H groups in total. The van der Waals surface area contributed by atoms with Crippen LogP contribution in [0.2, 0.25) is 0 Å². The van der Waals surface area contributed by atoms with Gasteiger partial charge in [0.25, 0.3) is 0 Å². The molecule has 1 heterocycles. The molecule has 1 aliphatic rings. The molecule has 20 heavy (non-hydrogen) atoms. The van der Waals surface area contributed by atoms with Crippen molar-refractivity contribution in [3.05, 3.63) is 29.3 Å². The lowest BCUT2D eigenvalue weighted by atomic mass is 10.1. The van der Waals surface area contributed by atoms with E-state index in [-0.39, 0.29) is 0 Å². The number of morpholine rings is 1. The first-order valence-corrected chi connectivity index (χ1v) is 7.73. The molecule has 1 aliphatic heterocycles. The summed E-state index contributed by atoms with van der Waals surface area (Å²) in [5.74, 6) is 0.699. The lowest BCUT2D eigenvalue weighted by Gasteiger charge is -2.34. The van der Waals surface area contributed by atoms with E-state index in [2.05, 4.69) is 56.1 Å². The molecule has 1 aromatic rings. The zero-order valence-electron chi connectivity index (χ0n) is 13.3. The van der Waals surface area contributed by atoms with Crippen LogP contribution in [-0.2, 0) is 11.3 Å². The molecule has 0 amide bonds. The van der Waals surface area contributed by atoms with Gasteiger partial charge >= 0.3 is 0 Å². The summed E-state index contributed by atoms with van der Waals surface area (Å²) >= 11 is 0. The quantitative estimate of drug-likeness (QED) is 0.895. The average Bonchev–Trinajstić information content (AvgIpc) is 2.38. The predicted octanol–water partition coefficient (Wildman–Crippen LogP) is 2.97. The van der Waals surface area contributed by atoms with Crippen LogP contribution >= 0.6 is 0 Å². The number of rotatable bonds is 5. The summed E-state index contributed by atoms with van der Waals surface area (Å²) in [6, 6.07) is 6.82. The maximum absolute atomic E-state index is 5.62. The van der Waals surface area contributed by atoms with Crippen molar-refractivity contribution >= 4 is 5.69 Å². The summed E-state index contributed by atoms with van der Waals surface area (Å²) in [5, 5.41) is 3.50. The van der Waals surface area contributed by atoms with Crippen molar-refractivity contribution in [2.45, 2.75) is 40.3 Å². The molecule has 1 atom stereocenters. The van der Waals surface area contributed by atoms with Gasteiger partial charge in [-0.05, 0) is 43.5 Å². The Morgan fingerprint density at radius 3 is 2.85 bits per heavy atom. The highest BCUT2D eigenvalue weighted by Gasteiger charge is 2.18. The highest BCUT2D eigenvalue weighted by atomic mass is 16.5. The first kappa shape index (κ1) is 15.3. The fraction of sp³-hybridized carbons (Fsp3) is 0.647. The number of nitrogens with one attached hydrogen (secondary N) is 1. The van der Waals surface area contributed by atoms with Crippen molar-refractivity contribution in [2.24, 2.45) is 5.92 Å². The Labute approximate surface area is 123 Å². The zero-order valence-corrected chi connectivity index (χ0v) is 13.3. The summed E-state index contributed by atoms with van der Waals surface area (Å²) in [5.41, 5.74) is 4.09. The molecule has 3 heteroatoms. The number of anilines is 1. The average molecular weight is 276 g/mol. The van der Waals surface area contributed by atoms with E-state index in [0.29, 0.717) is 12.0 Å². The van der Waals surface area contributed by atoms with Gasteiger partial charge < -0.3 is 15.0 Å². The Morgan fingerprint density at radius 2 is 2.20 bits per heavy atom. The van der Waals surface area contributed by atoms with Crippen LogP contribution in [0.4, 0.5) is 5.69 Å². The molecule has 0 saturated carbocycles.